The molecular weight excluding hydrogens is 384 g/mol. The third kappa shape index (κ3) is 3.88. The number of carbonyl (C=O) groups excluding carboxylic acids is 1. The van der Waals surface area contributed by atoms with Gasteiger partial charge in [-0.05, 0) is 36.0 Å². The quantitative estimate of drug-likeness (QED) is 0.435. The third-order valence-corrected chi connectivity index (χ3v) is 6.44. The summed E-state index contributed by atoms with van der Waals surface area (Å²) in [4.78, 5) is 38.0. The molecule has 0 aromatic carbocycles. The van der Waals surface area contributed by atoms with Crippen LogP contribution in [-0.2, 0) is 4.79 Å². The topological polar surface area (TPSA) is 87.7 Å². The van der Waals surface area contributed by atoms with Gasteiger partial charge in [0.25, 0.3) is 5.56 Å². The van der Waals surface area contributed by atoms with E-state index < -0.39 is 5.92 Å². The number of thioether (sulfide) groups is 1. The molecule has 1 atom stereocenters. The zero-order valence-electron chi connectivity index (χ0n) is 17.0. The van der Waals surface area contributed by atoms with Crippen molar-refractivity contribution in [2.75, 3.05) is 11.1 Å². The van der Waals surface area contributed by atoms with Gasteiger partial charge >= 0.3 is 0 Å². The van der Waals surface area contributed by atoms with Crippen molar-refractivity contribution in [1.82, 2.24) is 15.0 Å². The van der Waals surface area contributed by atoms with Crippen molar-refractivity contribution >= 4 is 23.4 Å². The number of hydrogen-bond donors (Lipinski definition) is 2. The van der Waals surface area contributed by atoms with Gasteiger partial charge in [-0.2, -0.15) is 0 Å². The number of nitrogens with one attached hydrogen (secondary N) is 2. The zero-order chi connectivity index (χ0) is 20.6. The maximum absolute atomic E-state index is 13.1. The summed E-state index contributed by atoms with van der Waals surface area (Å²) in [7, 11) is 0. The van der Waals surface area contributed by atoms with Crippen LogP contribution in [0.25, 0.3) is 0 Å². The molecule has 4 rings (SSSR count). The fourth-order valence-electron chi connectivity index (χ4n) is 4.16. The number of fused-ring (bicyclic) bond motifs is 1. The van der Waals surface area contributed by atoms with Crippen LogP contribution in [0.3, 0.4) is 0 Å². The van der Waals surface area contributed by atoms with E-state index in [9.17, 15) is 9.59 Å². The first-order valence-corrected chi connectivity index (χ1v) is 11.1. The van der Waals surface area contributed by atoms with Gasteiger partial charge in [0, 0.05) is 41.8 Å². The summed E-state index contributed by atoms with van der Waals surface area (Å²) in [5.41, 5.74) is 2.69. The van der Waals surface area contributed by atoms with Crippen LogP contribution >= 0.6 is 11.8 Å². The summed E-state index contributed by atoms with van der Waals surface area (Å²) in [5.74, 6) is 1.15. The van der Waals surface area contributed by atoms with Gasteiger partial charge in [-0.3, -0.25) is 14.6 Å². The summed E-state index contributed by atoms with van der Waals surface area (Å²) in [5, 5.41) is 3.97. The molecule has 0 spiro atoms. The number of anilines is 1. The van der Waals surface area contributed by atoms with E-state index in [1.807, 2.05) is 12.1 Å². The normalized spacial score (nSPS) is 20.1. The number of allylic oxidation sites excluding steroid dienone is 2. The smallest absolute Gasteiger partial charge is 0.257 e. The van der Waals surface area contributed by atoms with Gasteiger partial charge in [-0.25, -0.2) is 4.98 Å². The first-order valence-electron chi connectivity index (χ1n) is 10.1. The summed E-state index contributed by atoms with van der Waals surface area (Å²) < 4.78 is 0. The van der Waals surface area contributed by atoms with Gasteiger partial charge in [0.15, 0.2) is 10.9 Å². The Balaban J connectivity index is 1.85. The van der Waals surface area contributed by atoms with Crippen molar-refractivity contribution in [2.24, 2.45) is 5.41 Å². The molecule has 6 nitrogen and oxygen atoms in total. The minimum Gasteiger partial charge on any atom is -0.343 e. The van der Waals surface area contributed by atoms with Crippen LogP contribution in [0, 0.1) is 5.41 Å². The standard InChI is InChI=1S/C22H26N4O2S/c1-4-5-10-29-21-25-19-18(20(28)26-21)16(13-6-8-23-9-7-13)17-14(24-19)11-22(2,3)12-15(17)27/h6-9,16H,4-5,10-12H2,1-3H3,(H2,24,25,26,28)/t16-/m1/s1. The second-order valence-electron chi connectivity index (χ2n) is 8.51. The molecule has 0 saturated carbocycles. The molecule has 0 fully saturated rings. The predicted molar refractivity (Wildman–Crippen MR) is 115 cm³/mol. The van der Waals surface area contributed by atoms with Gasteiger partial charge in [0.05, 0.1) is 5.56 Å². The highest BCUT2D eigenvalue weighted by Crippen LogP contribution is 2.47. The highest BCUT2D eigenvalue weighted by Gasteiger charge is 2.42. The molecule has 2 aromatic heterocycles. The van der Waals surface area contributed by atoms with Crippen LogP contribution in [0.4, 0.5) is 5.82 Å². The van der Waals surface area contributed by atoms with Crippen LogP contribution in [0.5, 0.6) is 0 Å². The van der Waals surface area contributed by atoms with Gasteiger partial charge in [-0.15, -0.1) is 0 Å². The van der Waals surface area contributed by atoms with E-state index >= 15 is 0 Å². The average Bonchev–Trinajstić information content (AvgIpc) is 2.66. The predicted octanol–water partition coefficient (Wildman–Crippen LogP) is 4.26. The molecule has 2 aliphatic rings. The number of pyridine rings is 1. The number of rotatable bonds is 5. The maximum Gasteiger partial charge on any atom is 0.257 e. The molecule has 152 valence electrons. The van der Waals surface area contributed by atoms with E-state index in [-0.39, 0.29) is 16.8 Å². The Bertz CT molecular complexity index is 1030. The van der Waals surface area contributed by atoms with Gasteiger partial charge in [0.2, 0.25) is 0 Å². The van der Waals surface area contributed by atoms with Crippen molar-refractivity contribution < 1.29 is 4.79 Å². The lowest BCUT2D eigenvalue weighted by Gasteiger charge is -2.38. The number of Topliss-reactive ketones (excluding diaryl/α,β-unsaturated/α-hetero) is 1. The lowest BCUT2D eigenvalue weighted by atomic mass is 9.69. The van der Waals surface area contributed by atoms with Crippen LogP contribution in [-0.4, -0.2) is 26.5 Å². The summed E-state index contributed by atoms with van der Waals surface area (Å²) in [6, 6.07) is 3.75. The molecule has 1 aliphatic heterocycles. The number of nitrogens with zero attached hydrogens (tertiary/aromatic N) is 2. The molecule has 0 amide bonds. The minimum atomic E-state index is -0.418. The first-order chi connectivity index (χ1) is 13.9. The molecule has 2 N–H and O–H groups in total. The minimum absolute atomic E-state index is 0.0945. The van der Waals surface area contributed by atoms with Gasteiger partial charge in [-0.1, -0.05) is 39.0 Å². The highest BCUT2D eigenvalue weighted by molar-refractivity contribution is 7.99. The SMILES string of the molecule is CCCCSc1nc2c(c(=O)[nH]1)[C@H](c1ccncc1)C1=C(CC(C)(C)CC1=O)N2. The van der Waals surface area contributed by atoms with Crippen LogP contribution in [0.1, 0.15) is 63.5 Å². The Labute approximate surface area is 174 Å². The summed E-state index contributed by atoms with van der Waals surface area (Å²) in [6.07, 6.45) is 6.79. The Morgan fingerprint density at radius 1 is 1.21 bits per heavy atom. The largest absolute Gasteiger partial charge is 0.343 e. The number of hydrogen-bond acceptors (Lipinski definition) is 6. The van der Waals surface area contributed by atoms with Crippen molar-refractivity contribution in [3.8, 4) is 0 Å². The Kier molecular flexibility index (Phi) is 5.34. The Morgan fingerprint density at radius 2 is 1.97 bits per heavy atom. The summed E-state index contributed by atoms with van der Waals surface area (Å²) >= 11 is 1.56. The van der Waals surface area contributed by atoms with E-state index in [1.54, 1.807) is 24.2 Å². The fraction of sp³-hybridized carbons (Fsp3) is 0.455. The molecule has 7 heteroatoms. The van der Waals surface area contributed by atoms with E-state index in [2.05, 4.69) is 36.1 Å². The Hall–Kier alpha value is -2.41. The van der Waals surface area contributed by atoms with Gasteiger partial charge in [0.1, 0.15) is 5.82 Å². The van der Waals surface area contributed by atoms with E-state index in [4.69, 9.17) is 4.98 Å². The molecule has 0 saturated heterocycles. The molecule has 2 aromatic rings. The number of H-pyrrole nitrogens is 1. The monoisotopic (exact) mass is 410 g/mol. The van der Waals surface area contributed by atoms with Crippen LogP contribution in [0.15, 0.2) is 45.7 Å². The van der Waals surface area contributed by atoms with Crippen LogP contribution < -0.4 is 10.9 Å². The number of aromatic nitrogens is 3. The van der Waals surface area contributed by atoms with Crippen LogP contribution in [0.2, 0.25) is 0 Å². The molecule has 0 bridgehead atoms. The van der Waals surface area contributed by atoms with Crippen molar-refractivity contribution in [1.29, 1.82) is 0 Å². The number of unbranched alkanes of at least 4 members (excludes halogenated alkanes) is 1. The van der Waals surface area contributed by atoms with E-state index in [0.29, 0.717) is 28.5 Å². The van der Waals surface area contributed by atoms with Crippen molar-refractivity contribution in [3.63, 3.8) is 0 Å². The van der Waals surface area contributed by atoms with E-state index in [0.717, 1.165) is 36.3 Å². The molecule has 29 heavy (non-hydrogen) atoms. The molecule has 0 unspecified atom stereocenters. The lowest BCUT2D eigenvalue weighted by Crippen LogP contribution is -2.37. The zero-order valence-corrected chi connectivity index (χ0v) is 17.9. The fourth-order valence-corrected chi connectivity index (χ4v) is 5.11. The number of aromatic amines is 1. The third-order valence-electron chi connectivity index (χ3n) is 5.48. The van der Waals surface area contributed by atoms with Gasteiger partial charge < -0.3 is 10.3 Å². The van der Waals surface area contributed by atoms with Crippen molar-refractivity contribution in [3.05, 3.63) is 57.3 Å². The second kappa shape index (κ2) is 7.78. The maximum atomic E-state index is 13.1. The van der Waals surface area contributed by atoms with E-state index in [1.165, 1.54) is 0 Å². The Morgan fingerprint density at radius 3 is 2.69 bits per heavy atom. The number of ketones is 1. The summed E-state index contributed by atoms with van der Waals surface area (Å²) in [6.45, 7) is 6.34. The molecule has 0 radical (unpaired) electrons. The molecule has 1 aliphatic carbocycles. The van der Waals surface area contributed by atoms with Crippen molar-refractivity contribution in [2.45, 2.75) is 57.5 Å². The molecular formula is C22H26N4O2S. The first kappa shape index (κ1) is 19.9. The highest BCUT2D eigenvalue weighted by atomic mass is 32.2. The number of carbonyl (C=O) groups is 1. The second-order valence-corrected chi connectivity index (χ2v) is 9.59. The average molecular weight is 411 g/mol. The lowest BCUT2D eigenvalue weighted by molar-refractivity contribution is -0.118. The molecule has 3 heterocycles.